The molecule has 168 valence electrons. The quantitative estimate of drug-likeness (QED) is 0.304. The van der Waals surface area contributed by atoms with Crippen LogP contribution in [0.25, 0.3) is 0 Å². The standard InChI is InChI=1S/C25H23F4NOS/c26-20-10-6-9-19(15-20)24(32-23-12-5-4-11-21(23)25(27,28)29)22-17-30(13-14-31-22)16-18-7-2-1-3-8-18/h1-12,15,22,24H,13-14,16-17H2. The van der Waals surface area contributed by atoms with Gasteiger partial charge in [0.15, 0.2) is 0 Å². The van der Waals surface area contributed by atoms with Gasteiger partial charge in [0.2, 0.25) is 0 Å². The Morgan fingerprint density at radius 2 is 1.72 bits per heavy atom. The maximum Gasteiger partial charge on any atom is 0.417 e. The van der Waals surface area contributed by atoms with E-state index in [0.29, 0.717) is 18.7 Å². The van der Waals surface area contributed by atoms with Crippen molar-refractivity contribution < 1.29 is 22.3 Å². The predicted octanol–water partition coefficient (Wildman–Crippen LogP) is 6.58. The average molecular weight is 462 g/mol. The normalized spacial score (nSPS) is 18.4. The Hall–Kier alpha value is -2.35. The van der Waals surface area contributed by atoms with E-state index in [1.807, 2.05) is 30.3 Å². The lowest BCUT2D eigenvalue weighted by Gasteiger charge is -2.37. The van der Waals surface area contributed by atoms with Crippen LogP contribution in [-0.2, 0) is 17.5 Å². The molecule has 7 heteroatoms. The Labute approximate surface area is 189 Å². The Bertz CT molecular complexity index is 1030. The Kier molecular flexibility index (Phi) is 7.18. The van der Waals surface area contributed by atoms with Gasteiger partial charge in [-0.25, -0.2) is 4.39 Å². The van der Waals surface area contributed by atoms with Gasteiger partial charge in [-0.15, -0.1) is 11.8 Å². The van der Waals surface area contributed by atoms with Crippen molar-refractivity contribution in [2.45, 2.75) is 29.0 Å². The van der Waals surface area contributed by atoms with Gasteiger partial charge in [0.25, 0.3) is 0 Å². The lowest BCUT2D eigenvalue weighted by atomic mass is 10.1. The summed E-state index contributed by atoms with van der Waals surface area (Å²) in [6.45, 7) is 2.45. The lowest BCUT2D eigenvalue weighted by molar-refractivity contribution is -0.139. The molecular formula is C25H23F4NOS. The number of ether oxygens (including phenoxy) is 1. The first-order valence-electron chi connectivity index (χ1n) is 10.4. The predicted molar refractivity (Wildman–Crippen MR) is 118 cm³/mol. The van der Waals surface area contributed by atoms with Crippen molar-refractivity contribution >= 4 is 11.8 Å². The molecule has 0 radical (unpaired) electrons. The van der Waals surface area contributed by atoms with Crippen LogP contribution in [0.15, 0.2) is 83.8 Å². The zero-order valence-electron chi connectivity index (χ0n) is 17.3. The largest absolute Gasteiger partial charge is 0.417 e. The van der Waals surface area contributed by atoms with Crippen LogP contribution in [0.3, 0.4) is 0 Å². The van der Waals surface area contributed by atoms with E-state index in [1.54, 1.807) is 18.2 Å². The number of nitrogens with zero attached hydrogens (tertiary/aromatic N) is 1. The first-order chi connectivity index (χ1) is 15.4. The molecule has 2 unspecified atom stereocenters. The third-order valence-corrected chi connectivity index (χ3v) is 6.83. The highest BCUT2D eigenvalue weighted by Gasteiger charge is 2.36. The van der Waals surface area contributed by atoms with Crippen molar-refractivity contribution in [2.75, 3.05) is 19.7 Å². The number of halogens is 4. The molecule has 1 fully saturated rings. The van der Waals surface area contributed by atoms with Crippen molar-refractivity contribution in [2.24, 2.45) is 0 Å². The molecule has 1 aliphatic heterocycles. The van der Waals surface area contributed by atoms with E-state index in [2.05, 4.69) is 4.90 Å². The Morgan fingerprint density at radius 1 is 0.969 bits per heavy atom. The molecule has 4 rings (SSSR count). The topological polar surface area (TPSA) is 12.5 Å². The second-order valence-corrected chi connectivity index (χ2v) is 8.90. The highest BCUT2D eigenvalue weighted by atomic mass is 32.2. The van der Waals surface area contributed by atoms with E-state index in [9.17, 15) is 17.6 Å². The van der Waals surface area contributed by atoms with Crippen molar-refractivity contribution in [3.63, 3.8) is 0 Å². The third-order valence-electron chi connectivity index (χ3n) is 5.39. The fourth-order valence-corrected chi connectivity index (χ4v) is 5.22. The minimum absolute atomic E-state index is 0.109. The van der Waals surface area contributed by atoms with Crippen LogP contribution in [0.1, 0.15) is 21.9 Å². The number of morpholine rings is 1. The summed E-state index contributed by atoms with van der Waals surface area (Å²) in [6.07, 6.45) is -4.86. The van der Waals surface area contributed by atoms with Gasteiger partial charge in [-0.1, -0.05) is 54.6 Å². The number of rotatable bonds is 6. The zero-order valence-corrected chi connectivity index (χ0v) is 18.1. The van der Waals surface area contributed by atoms with Gasteiger partial charge in [0.1, 0.15) is 5.82 Å². The fourth-order valence-electron chi connectivity index (χ4n) is 3.88. The molecule has 0 saturated carbocycles. The van der Waals surface area contributed by atoms with E-state index in [-0.39, 0.29) is 11.0 Å². The molecule has 1 aliphatic rings. The van der Waals surface area contributed by atoms with Gasteiger partial charge in [-0.2, -0.15) is 13.2 Å². The first kappa shape index (κ1) is 22.8. The maximum atomic E-state index is 14.0. The summed E-state index contributed by atoms with van der Waals surface area (Å²) < 4.78 is 60.9. The maximum absolute atomic E-state index is 14.0. The second kappa shape index (κ2) is 10.1. The smallest absolute Gasteiger partial charge is 0.374 e. The highest BCUT2D eigenvalue weighted by molar-refractivity contribution is 7.99. The van der Waals surface area contributed by atoms with Crippen molar-refractivity contribution in [1.82, 2.24) is 4.90 Å². The van der Waals surface area contributed by atoms with Gasteiger partial charge in [-0.05, 0) is 35.4 Å². The van der Waals surface area contributed by atoms with Crippen LogP contribution in [0.5, 0.6) is 0 Å². The van der Waals surface area contributed by atoms with Crippen molar-refractivity contribution in [3.05, 3.63) is 101 Å². The average Bonchev–Trinajstić information content (AvgIpc) is 2.78. The van der Waals surface area contributed by atoms with E-state index in [4.69, 9.17) is 4.74 Å². The lowest BCUT2D eigenvalue weighted by Crippen LogP contribution is -2.44. The van der Waals surface area contributed by atoms with Crippen LogP contribution in [0.4, 0.5) is 17.6 Å². The number of benzene rings is 3. The number of alkyl halides is 3. The monoisotopic (exact) mass is 461 g/mol. The van der Waals surface area contributed by atoms with Crippen LogP contribution < -0.4 is 0 Å². The number of hydrogen-bond donors (Lipinski definition) is 0. The van der Waals surface area contributed by atoms with Gasteiger partial charge < -0.3 is 4.74 Å². The molecule has 0 amide bonds. The molecule has 3 aromatic carbocycles. The molecule has 0 spiro atoms. The Morgan fingerprint density at radius 3 is 2.47 bits per heavy atom. The Balaban J connectivity index is 1.62. The van der Waals surface area contributed by atoms with Gasteiger partial charge >= 0.3 is 6.18 Å². The summed E-state index contributed by atoms with van der Waals surface area (Å²) in [4.78, 5) is 2.34. The molecule has 2 atom stereocenters. The van der Waals surface area contributed by atoms with Crippen LogP contribution in [0, 0.1) is 5.82 Å². The summed E-state index contributed by atoms with van der Waals surface area (Å²) in [7, 11) is 0. The molecule has 0 aromatic heterocycles. The summed E-state index contributed by atoms with van der Waals surface area (Å²) in [5.74, 6) is -0.422. The van der Waals surface area contributed by atoms with Crippen LogP contribution in [0.2, 0.25) is 0 Å². The van der Waals surface area contributed by atoms with E-state index < -0.39 is 22.8 Å². The molecule has 0 aliphatic carbocycles. The highest BCUT2D eigenvalue weighted by Crippen LogP contribution is 2.45. The van der Waals surface area contributed by atoms with E-state index in [1.165, 1.54) is 24.3 Å². The molecule has 1 saturated heterocycles. The molecular weight excluding hydrogens is 438 g/mol. The van der Waals surface area contributed by atoms with Crippen molar-refractivity contribution in [1.29, 1.82) is 0 Å². The summed E-state index contributed by atoms with van der Waals surface area (Å²) in [5, 5.41) is -0.493. The molecule has 0 N–H and O–H groups in total. The summed E-state index contributed by atoms with van der Waals surface area (Å²) >= 11 is 1.08. The van der Waals surface area contributed by atoms with Gasteiger partial charge in [0, 0.05) is 24.5 Å². The van der Waals surface area contributed by atoms with Gasteiger partial charge in [-0.3, -0.25) is 4.90 Å². The summed E-state index contributed by atoms with van der Waals surface area (Å²) in [5.41, 5.74) is 1.08. The fraction of sp³-hybridized carbons (Fsp3) is 0.280. The third kappa shape index (κ3) is 5.71. The molecule has 3 aromatic rings. The SMILES string of the molecule is Fc1cccc(C(Sc2ccccc2C(F)(F)F)C2CN(Cc3ccccc3)CCO2)c1. The first-order valence-corrected chi connectivity index (χ1v) is 11.2. The van der Waals surface area contributed by atoms with E-state index in [0.717, 1.165) is 36.5 Å². The minimum Gasteiger partial charge on any atom is -0.374 e. The number of hydrogen-bond acceptors (Lipinski definition) is 3. The van der Waals surface area contributed by atoms with Crippen LogP contribution in [-0.4, -0.2) is 30.7 Å². The minimum atomic E-state index is -4.47. The molecule has 32 heavy (non-hydrogen) atoms. The molecule has 0 bridgehead atoms. The van der Waals surface area contributed by atoms with Gasteiger partial charge in [0.05, 0.1) is 23.5 Å². The molecule has 2 nitrogen and oxygen atoms in total. The van der Waals surface area contributed by atoms with Crippen molar-refractivity contribution in [3.8, 4) is 0 Å². The second-order valence-electron chi connectivity index (χ2n) is 7.72. The molecule has 1 heterocycles. The van der Waals surface area contributed by atoms with Crippen LogP contribution >= 0.6 is 11.8 Å². The zero-order chi connectivity index (χ0) is 22.6. The number of thioether (sulfide) groups is 1. The van der Waals surface area contributed by atoms with E-state index >= 15 is 0 Å². The summed E-state index contributed by atoms with van der Waals surface area (Å²) in [6, 6.07) is 21.6.